The van der Waals surface area contributed by atoms with Gasteiger partial charge < -0.3 is 9.64 Å². The number of hydrogen-bond donors (Lipinski definition) is 0. The van der Waals surface area contributed by atoms with Crippen LogP contribution in [-0.2, 0) is 4.74 Å². The van der Waals surface area contributed by atoms with E-state index in [4.69, 9.17) is 4.74 Å². The topological polar surface area (TPSA) is 15.7 Å². The Morgan fingerprint density at radius 2 is 1.92 bits per heavy atom. The molecule has 12 heavy (non-hydrogen) atoms. The fraction of sp³-hybridized carbons (Fsp3) is 0.889. The van der Waals surface area contributed by atoms with E-state index in [0.29, 0.717) is 0 Å². The monoisotopic (exact) mass is 169 g/mol. The predicted molar refractivity (Wildman–Crippen MR) is 47.7 cm³/mol. The summed E-state index contributed by atoms with van der Waals surface area (Å²) < 4.78 is 5.29. The summed E-state index contributed by atoms with van der Waals surface area (Å²) >= 11 is 0. The maximum atomic E-state index is 5.29. The molecular formula is C9H17N2O-. The van der Waals surface area contributed by atoms with Crippen molar-refractivity contribution >= 4 is 0 Å². The Kier molecular flexibility index (Phi) is 2.63. The highest BCUT2D eigenvalue weighted by Gasteiger charge is 2.22. The van der Waals surface area contributed by atoms with Crippen molar-refractivity contribution in [1.29, 1.82) is 0 Å². The second-order valence-electron chi connectivity index (χ2n) is 3.81. The summed E-state index contributed by atoms with van der Waals surface area (Å²) in [5, 5.41) is 0. The van der Waals surface area contributed by atoms with Gasteiger partial charge in [-0.3, -0.25) is 11.9 Å². The lowest BCUT2D eigenvalue weighted by atomic mass is 10.0. The van der Waals surface area contributed by atoms with Crippen LogP contribution >= 0.6 is 0 Å². The van der Waals surface area contributed by atoms with Gasteiger partial charge in [-0.15, -0.1) is 0 Å². The highest BCUT2D eigenvalue weighted by atomic mass is 16.5. The normalized spacial score (nSPS) is 28.8. The number of likely N-dealkylation sites (tertiary alicyclic amines) is 1. The molecule has 0 N–H and O–H groups in total. The number of morpholine rings is 1. The van der Waals surface area contributed by atoms with E-state index in [1.807, 2.05) is 0 Å². The van der Waals surface area contributed by atoms with Crippen molar-refractivity contribution in [1.82, 2.24) is 9.80 Å². The van der Waals surface area contributed by atoms with Crippen LogP contribution in [0.4, 0.5) is 0 Å². The molecule has 2 heterocycles. The molecule has 0 amide bonds. The SMILES string of the molecule is [CH2-]N1CC(CN2CCOCC2)C1. The van der Waals surface area contributed by atoms with Crippen molar-refractivity contribution in [3.63, 3.8) is 0 Å². The lowest BCUT2D eigenvalue weighted by Gasteiger charge is -2.45. The van der Waals surface area contributed by atoms with E-state index in [0.717, 1.165) is 32.2 Å². The summed E-state index contributed by atoms with van der Waals surface area (Å²) in [5.41, 5.74) is 0. The van der Waals surface area contributed by atoms with E-state index < -0.39 is 0 Å². The summed E-state index contributed by atoms with van der Waals surface area (Å²) in [6.07, 6.45) is 0. The van der Waals surface area contributed by atoms with Gasteiger partial charge in [0.05, 0.1) is 13.2 Å². The molecule has 0 spiro atoms. The molecule has 2 saturated heterocycles. The molecule has 0 aliphatic carbocycles. The van der Waals surface area contributed by atoms with Crippen molar-refractivity contribution in [2.75, 3.05) is 45.9 Å². The third kappa shape index (κ3) is 1.97. The molecule has 2 aliphatic heterocycles. The van der Waals surface area contributed by atoms with Crippen LogP contribution in [0.15, 0.2) is 0 Å². The van der Waals surface area contributed by atoms with Crippen LogP contribution in [0, 0.1) is 13.0 Å². The molecule has 2 rings (SSSR count). The molecule has 2 aliphatic rings. The van der Waals surface area contributed by atoms with Crippen LogP contribution in [0.1, 0.15) is 0 Å². The van der Waals surface area contributed by atoms with Crippen LogP contribution in [0.5, 0.6) is 0 Å². The van der Waals surface area contributed by atoms with Crippen LogP contribution in [-0.4, -0.2) is 55.7 Å². The van der Waals surface area contributed by atoms with E-state index in [1.165, 1.54) is 19.6 Å². The number of rotatable bonds is 2. The zero-order chi connectivity index (χ0) is 8.39. The molecule has 3 heteroatoms. The predicted octanol–water partition coefficient (Wildman–Crippen LogP) is 0.0420. The second-order valence-corrected chi connectivity index (χ2v) is 3.81. The first-order valence-corrected chi connectivity index (χ1v) is 4.70. The molecule has 0 saturated carbocycles. The molecule has 0 aromatic rings. The van der Waals surface area contributed by atoms with Crippen molar-refractivity contribution in [3.8, 4) is 0 Å². The minimum absolute atomic E-state index is 0.862. The molecule has 0 aromatic heterocycles. The molecule has 2 fully saturated rings. The van der Waals surface area contributed by atoms with Crippen LogP contribution in [0.25, 0.3) is 0 Å². The number of nitrogens with zero attached hydrogens (tertiary/aromatic N) is 2. The van der Waals surface area contributed by atoms with E-state index in [-0.39, 0.29) is 0 Å². The average Bonchev–Trinajstić information content (AvgIpc) is 2.04. The number of hydrogen-bond acceptors (Lipinski definition) is 3. The molecule has 0 atom stereocenters. The third-order valence-corrected chi connectivity index (χ3v) is 2.65. The first-order chi connectivity index (χ1) is 5.84. The zero-order valence-corrected chi connectivity index (χ0v) is 7.54. The van der Waals surface area contributed by atoms with Gasteiger partial charge in [0, 0.05) is 19.6 Å². The maximum Gasteiger partial charge on any atom is 0.0594 e. The van der Waals surface area contributed by atoms with Crippen molar-refractivity contribution < 1.29 is 4.74 Å². The molecule has 0 radical (unpaired) electrons. The summed E-state index contributed by atoms with van der Waals surface area (Å²) in [5.74, 6) is 0.862. The van der Waals surface area contributed by atoms with Gasteiger partial charge in [-0.1, -0.05) is 0 Å². The van der Waals surface area contributed by atoms with Gasteiger partial charge in [0.2, 0.25) is 0 Å². The van der Waals surface area contributed by atoms with Gasteiger partial charge in [0.15, 0.2) is 0 Å². The van der Waals surface area contributed by atoms with Crippen LogP contribution in [0.2, 0.25) is 0 Å². The van der Waals surface area contributed by atoms with Crippen molar-refractivity contribution in [2.45, 2.75) is 0 Å². The standard InChI is InChI=1S/C9H17N2O/c1-10-6-9(7-10)8-11-2-4-12-5-3-11/h9H,1-8H2/q-1. The lowest BCUT2D eigenvalue weighted by Crippen LogP contribution is -2.50. The third-order valence-electron chi connectivity index (χ3n) is 2.65. The van der Waals surface area contributed by atoms with Gasteiger partial charge in [0.25, 0.3) is 0 Å². The first-order valence-electron chi connectivity index (χ1n) is 4.70. The fourth-order valence-corrected chi connectivity index (χ4v) is 1.94. The van der Waals surface area contributed by atoms with Crippen molar-refractivity contribution in [2.24, 2.45) is 5.92 Å². The van der Waals surface area contributed by atoms with E-state index in [9.17, 15) is 0 Å². The van der Waals surface area contributed by atoms with Gasteiger partial charge in [-0.05, 0) is 19.0 Å². The van der Waals surface area contributed by atoms with Gasteiger partial charge in [-0.25, -0.2) is 0 Å². The van der Waals surface area contributed by atoms with E-state index in [1.54, 1.807) is 0 Å². The Bertz CT molecular complexity index is 139. The molecular weight excluding hydrogens is 152 g/mol. The Hall–Kier alpha value is -0.120. The average molecular weight is 169 g/mol. The molecule has 0 aromatic carbocycles. The highest BCUT2D eigenvalue weighted by molar-refractivity contribution is 4.82. The number of ether oxygens (including phenoxy) is 1. The van der Waals surface area contributed by atoms with Crippen LogP contribution < -0.4 is 0 Å². The quantitative estimate of drug-likeness (QED) is 0.543. The summed E-state index contributed by atoms with van der Waals surface area (Å²) in [4.78, 5) is 4.63. The van der Waals surface area contributed by atoms with Gasteiger partial charge in [-0.2, -0.15) is 0 Å². The summed E-state index contributed by atoms with van der Waals surface area (Å²) in [6.45, 7) is 7.67. The van der Waals surface area contributed by atoms with Gasteiger partial charge >= 0.3 is 0 Å². The Morgan fingerprint density at radius 1 is 1.25 bits per heavy atom. The summed E-state index contributed by atoms with van der Waals surface area (Å²) in [6, 6.07) is 0. The highest BCUT2D eigenvalue weighted by Crippen LogP contribution is 2.15. The Labute approximate surface area is 74.3 Å². The second kappa shape index (κ2) is 3.73. The fourth-order valence-electron chi connectivity index (χ4n) is 1.94. The van der Waals surface area contributed by atoms with E-state index >= 15 is 0 Å². The minimum atomic E-state index is 0.862. The molecule has 70 valence electrons. The maximum absolute atomic E-state index is 5.29. The smallest absolute Gasteiger partial charge is 0.0594 e. The van der Waals surface area contributed by atoms with Crippen molar-refractivity contribution in [3.05, 3.63) is 7.05 Å². The zero-order valence-electron chi connectivity index (χ0n) is 7.54. The first kappa shape index (κ1) is 8.48. The lowest BCUT2D eigenvalue weighted by molar-refractivity contribution is 0.0145. The Morgan fingerprint density at radius 3 is 2.50 bits per heavy atom. The summed E-state index contributed by atoms with van der Waals surface area (Å²) in [7, 11) is 3.88. The van der Waals surface area contributed by atoms with E-state index in [2.05, 4.69) is 16.8 Å². The largest absolute Gasteiger partial charge is 0.459 e. The molecule has 3 nitrogen and oxygen atoms in total. The van der Waals surface area contributed by atoms with Gasteiger partial charge in [0.1, 0.15) is 0 Å². The molecule has 0 bridgehead atoms. The minimum Gasteiger partial charge on any atom is -0.459 e. The van der Waals surface area contributed by atoms with Crippen LogP contribution in [0.3, 0.4) is 0 Å². The Balaban J connectivity index is 1.65. The molecule has 0 unspecified atom stereocenters.